The van der Waals surface area contributed by atoms with E-state index in [1.54, 1.807) is 18.2 Å². The van der Waals surface area contributed by atoms with Gasteiger partial charge in [-0.05, 0) is 70.1 Å². The van der Waals surface area contributed by atoms with Crippen molar-refractivity contribution in [3.05, 3.63) is 108 Å². The van der Waals surface area contributed by atoms with Crippen molar-refractivity contribution >= 4 is 10.8 Å². The lowest BCUT2D eigenvalue weighted by Crippen LogP contribution is -1.95. The number of rotatable bonds is 4. The van der Waals surface area contributed by atoms with Gasteiger partial charge in [-0.15, -0.1) is 0 Å². The average molecular weight is 344 g/mol. The summed E-state index contributed by atoms with van der Waals surface area (Å²) in [6, 6.07) is 26.1. The van der Waals surface area contributed by atoms with Crippen molar-refractivity contribution < 1.29 is 8.78 Å². The van der Waals surface area contributed by atoms with E-state index >= 15 is 0 Å². The zero-order valence-electron chi connectivity index (χ0n) is 14.3. The highest BCUT2D eigenvalue weighted by molar-refractivity contribution is 5.87. The van der Waals surface area contributed by atoms with Crippen molar-refractivity contribution in [1.29, 1.82) is 0 Å². The van der Waals surface area contributed by atoms with E-state index < -0.39 is 0 Å². The molecule has 0 atom stereocenters. The van der Waals surface area contributed by atoms with Gasteiger partial charge in [-0.1, -0.05) is 60.7 Å². The molecule has 0 aliphatic carbocycles. The summed E-state index contributed by atoms with van der Waals surface area (Å²) in [5.74, 6) is -0.447. The van der Waals surface area contributed by atoms with E-state index in [9.17, 15) is 8.78 Å². The first kappa shape index (κ1) is 16.5. The molecule has 0 saturated heterocycles. The second kappa shape index (κ2) is 7.09. The van der Waals surface area contributed by atoms with Gasteiger partial charge in [0.2, 0.25) is 0 Å². The maximum absolute atomic E-state index is 14.6. The Hall–Kier alpha value is -3.00. The molecule has 0 unspecified atom stereocenters. The molecule has 0 spiro atoms. The number of hydrogen-bond donors (Lipinski definition) is 0. The Bertz CT molecular complexity index is 1050. The molecule has 0 fully saturated rings. The largest absolute Gasteiger partial charge is 0.207 e. The Morgan fingerprint density at radius 3 is 2.04 bits per heavy atom. The van der Waals surface area contributed by atoms with Crippen LogP contribution in [0.1, 0.15) is 11.1 Å². The Balaban J connectivity index is 1.55. The zero-order chi connectivity index (χ0) is 17.9. The third-order valence-electron chi connectivity index (χ3n) is 4.73. The van der Waals surface area contributed by atoms with Gasteiger partial charge in [0.25, 0.3) is 0 Å². The van der Waals surface area contributed by atoms with Gasteiger partial charge in [-0.25, -0.2) is 8.78 Å². The number of benzene rings is 4. The van der Waals surface area contributed by atoms with Crippen LogP contribution in [-0.4, -0.2) is 0 Å². The quantitative estimate of drug-likeness (QED) is 0.393. The molecule has 0 amide bonds. The minimum absolute atomic E-state index is 0.197. The minimum atomic E-state index is -0.250. The van der Waals surface area contributed by atoms with Crippen LogP contribution in [0.5, 0.6) is 0 Å². The van der Waals surface area contributed by atoms with Crippen LogP contribution in [0.15, 0.2) is 84.9 Å². The Kier molecular flexibility index (Phi) is 4.49. The van der Waals surface area contributed by atoms with E-state index in [1.807, 2.05) is 30.3 Å². The molecule has 0 radical (unpaired) electrons. The maximum Gasteiger partial charge on any atom is 0.127 e. The van der Waals surface area contributed by atoms with Crippen LogP contribution in [0.25, 0.3) is 21.9 Å². The fourth-order valence-electron chi connectivity index (χ4n) is 3.23. The molecule has 0 heterocycles. The van der Waals surface area contributed by atoms with Crippen LogP contribution in [-0.2, 0) is 12.8 Å². The van der Waals surface area contributed by atoms with Gasteiger partial charge in [0.15, 0.2) is 0 Å². The third-order valence-corrected chi connectivity index (χ3v) is 4.73. The van der Waals surface area contributed by atoms with Gasteiger partial charge in [-0.2, -0.15) is 0 Å². The summed E-state index contributed by atoms with van der Waals surface area (Å²) >= 11 is 0. The molecular formula is C24H18F2. The highest BCUT2D eigenvalue weighted by Crippen LogP contribution is 2.26. The Labute approximate surface area is 151 Å². The summed E-state index contributed by atoms with van der Waals surface area (Å²) in [5, 5.41) is 2.32. The molecule has 0 aliphatic rings. The fraction of sp³-hybridized carbons (Fsp3) is 0.0833. The molecular weight excluding hydrogens is 326 g/mol. The minimum Gasteiger partial charge on any atom is -0.207 e. The van der Waals surface area contributed by atoms with Crippen molar-refractivity contribution in [3.8, 4) is 11.1 Å². The second-order valence-electron chi connectivity index (χ2n) is 6.49. The summed E-state index contributed by atoms with van der Waals surface area (Å²) in [6.45, 7) is 0. The van der Waals surface area contributed by atoms with Crippen LogP contribution in [0.2, 0.25) is 0 Å². The van der Waals surface area contributed by atoms with E-state index in [2.05, 4.69) is 24.3 Å². The molecule has 0 nitrogen and oxygen atoms in total. The van der Waals surface area contributed by atoms with Gasteiger partial charge in [0.05, 0.1) is 0 Å². The van der Waals surface area contributed by atoms with Crippen molar-refractivity contribution in [2.75, 3.05) is 0 Å². The van der Waals surface area contributed by atoms with E-state index in [1.165, 1.54) is 17.5 Å². The first-order valence-electron chi connectivity index (χ1n) is 8.71. The van der Waals surface area contributed by atoms with Gasteiger partial charge in [-0.3, -0.25) is 0 Å². The number of hydrogen-bond acceptors (Lipinski definition) is 0. The molecule has 4 aromatic rings. The van der Waals surface area contributed by atoms with Gasteiger partial charge >= 0.3 is 0 Å². The molecule has 4 rings (SSSR count). The summed E-state index contributed by atoms with van der Waals surface area (Å²) in [4.78, 5) is 0. The molecule has 0 N–H and O–H groups in total. The highest BCUT2D eigenvalue weighted by atomic mass is 19.1. The topological polar surface area (TPSA) is 0 Å². The second-order valence-corrected chi connectivity index (χ2v) is 6.49. The predicted molar refractivity (Wildman–Crippen MR) is 103 cm³/mol. The van der Waals surface area contributed by atoms with Crippen LogP contribution in [0, 0.1) is 11.6 Å². The summed E-state index contributed by atoms with van der Waals surface area (Å²) in [6.07, 6.45) is 1.28. The molecule has 0 aromatic heterocycles. The molecule has 0 aliphatic heterocycles. The standard InChI is InChI=1S/C24H18F2/c25-23-13-6-17(7-14-23)5-8-19-10-12-22(16-24(19)26)21-11-9-18-3-1-2-4-20(18)15-21/h1-4,6-7,9-16H,5,8H2. The SMILES string of the molecule is Fc1ccc(CCc2ccc(-c3ccc4ccccc4c3)cc2F)cc1. The van der Waals surface area contributed by atoms with E-state index in [0.717, 1.165) is 22.1 Å². The molecule has 0 bridgehead atoms. The third kappa shape index (κ3) is 3.50. The molecule has 4 aromatic carbocycles. The van der Waals surface area contributed by atoms with Crippen molar-refractivity contribution in [3.63, 3.8) is 0 Å². The van der Waals surface area contributed by atoms with E-state index in [0.29, 0.717) is 18.4 Å². The van der Waals surface area contributed by atoms with Crippen LogP contribution in [0.4, 0.5) is 8.78 Å². The average Bonchev–Trinajstić information content (AvgIpc) is 2.68. The highest BCUT2D eigenvalue weighted by Gasteiger charge is 2.07. The van der Waals surface area contributed by atoms with Crippen LogP contribution in [0.3, 0.4) is 0 Å². The van der Waals surface area contributed by atoms with Crippen molar-refractivity contribution in [1.82, 2.24) is 0 Å². The van der Waals surface area contributed by atoms with Crippen LogP contribution >= 0.6 is 0 Å². The maximum atomic E-state index is 14.6. The lowest BCUT2D eigenvalue weighted by Gasteiger charge is -2.08. The number of halogens is 2. The van der Waals surface area contributed by atoms with E-state index in [4.69, 9.17) is 0 Å². The summed E-state index contributed by atoms with van der Waals surface area (Å²) in [7, 11) is 0. The fourth-order valence-corrected chi connectivity index (χ4v) is 3.23. The van der Waals surface area contributed by atoms with Crippen LogP contribution < -0.4 is 0 Å². The van der Waals surface area contributed by atoms with Crippen molar-refractivity contribution in [2.45, 2.75) is 12.8 Å². The van der Waals surface area contributed by atoms with Gasteiger partial charge < -0.3 is 0 Å². The summed E-state index contributed by atoms with van der Waals surface area (Å²) in [5.41, 5.74) is 3.56. The Morgan fingerprint density at radius 2 is 1.27 bits per heavy atom. The normalized spacial score (nSPS) is 11.0. The van der Waals surface area contributed by atoms with Gasteiger partial charge in [0.1, 0.15) is 11.6 Å². The predicted octanol–water partition coefficient (Wildman–Crippen LogP) is 6.57. The number of aryl methyl sites for hydroxylation is 2. The molecule has 0 saturated carbocycles. The molecule has 26 heavy (non-hydrogen) atoms. The molecule has 2 heteroatoms. The zero-order valence-corrected chi connectivity index (χ0v) is 14.3. The Morgan fingerprint density at radius 1 is 0.577 bits per heavy atom. The first-order valence-corrected chi connectivity index (χ1v) is 8.71. The smallest absolute Gasteiger partial charge is 0.127 e. The van der Waals surface area contributed by atoms with Crippen molar-refractivity contribution in [2.24, 2.45) is 0 Å². The lowest BCUT2D eigenvalue weighted by molar-refractivity contribution is 0.608. The lowest BCUT2D eigenvalue weighted by atomic mass is 9.98. The first-order chi connectivity index (χ1) is 12.7. The number of fused-ring (bicyclic) bond motifs is 1. The summed E-state index contributed by atoms with van der Waals surface area (Å²) < 4.78 is 27.5. The van der Waals surface area contributed by atoms with Gasteiger partial charge in [0, 0.05) is 0 Å². The van der Waals surface area contributed by atoms with E-state index in [-0.39, 0.29) is 11.6 Å². The molecule has 128 valence electrons. The monoisotopic (exact) mass is 344 g/mol.